The van der Waals surface area contributed by atoms with Crippen LogP contribution in [0.2, 0.25) is 0 Å². The monoisotopic (exact) mass is 369 g/mol. The second-order valence-corrected chi connectivity index (χ2v) is 7.02. The van der Waals surface area contributed by atoms with Crippen molar-refractivity contribution in [1.29, 1.82) is 0 Å². The minimum Gasteiger partial charge on any atom is -0.481 e. The average molecular weight is 369 g/mol. The van der Waals surface area contributed by atoms with Gasteiger partial charge in [-0.2, -0.15) is 5.10 Å². The standard InChI is InChI=1S/C20H23N3O4/c1-12-19(14(3)24)13(2)23(21-12)11-18(25)22-9-16(17(10-22)20(26)27)15-7-5-4-6-8-15/h4-8,16-17H,9-11H2,1-3H3,(H,26,27)/t16-,17+/m0/s1. The normalized spacial score (nSPS) is 19.3. The maximum Gasteiger partial charge on any atom is 0.308 e. The number of benzene rings is 1. The molecule has 142 valence electrons. The summed E-state index contributed by atoms with van der Waals surface area (Å²) in [5.41, 5.74) is 2.71. The number of aromatic nitrogens is 2. The van der Waals surface area contributed by atoms with Gasteiger partial charge in [-0.25, -0.2) is 0 Å². The van der Waals surface area contributed by atoms with E-state index in [1.807, 2.05) is 30.3 Å². The largest absolute Gasteiger partial charge is 0.481 e. The number of carboxylic acid groups (broad SMARTS) is 1. The molecule has 1 aliphatic heterocycles. The molecule has 3 rings (SSSR count). The summed E-state index contributed by atoms with van der Waals surface area (Å²) in [5, 5.41) is 13.9. The zero-order chi connectivity index (χ0) is 19.7. The Kier molecular flexibility index (Phi) is 5.12. The number of aliphatic carboxylic acids is 1. The molecule has 1 aliphatic rings. The van der Waals surface area contributed by atoms with Crippen LogP contribution in [0.3, 0.4) is 0 Å². The molecule has 0 spiro atoms. The van der Waals surface area contributed by atoms with Crippen molar-refractivity contribution >= 4 is 17.7 Å². The van der Waals surface area contributed by atoms with Gasteiger partial charge in [-0.05, 0) is 26.3 Å². The SMILES string of the molecule is CC(=O)c1c(C)nn(CC(=O)N2C[C@@H](C(=O)O)[C@H](c3ccccc3)C2)c1C. The fraction of sp³-hybridized carbons (Fsp3) is 0.400. The van der Waals surface area contributed by atoms with E-state index in [2.05, 4.69) is 5.10 Å². The Labute approximate surface area is 157 Å². The van der Waals surface area contributed by atoms with Gasteiger partial charge < -0.3 is 10.0 Å². The van der Waals surface area contributed by atoms with E-state index in [1.165, 1.54) is 11.6 Å². The van der Waals surface area contributed by atoms with E-state index in [0.29, 0.717) is 23.5 Å². The predicted octanol–water partition coefficient (Wildman–Crippen LogP) is 2.03. The van der Waals surface area contributed by atoms with Crippen LogP contribution in [-0.2, 0) is 16.1 Å². The second-order valence-electron chi connectivity index (χ2n) is 7.02. The molecule has 1 aromatic heterocycles. The van der Waals surface area contributed by atoms with Crippen LogP contribution in [-0.4, -0.2) is 50.5 Å². The van der Waals surface area contributed by atoms with E-state index in [1.54, 1.807) is 18.7 Å². The molecule has 0 bridgehead atoms. The van der Waals surface area contributed by atoms with E-state index < -0.39 is 11.9 Å². The number of likely N-dealkylation sites (tertiary alicyclic amines) is 1. The maximum absolute atomic E-state index is 12.8. The third-order valence-electron chi connectivity index (χ3n) is 5.24. The maximum atomic E-state index is 12.8. The molecule has 1 aromatic carbocycles. The number of rotatable bonds is 5. The number of aryl methyl sites for hydroxylation is 1. The fourth-order valence-electron chi connectivity index (χ4n) is 3.88. The molecular formula is C20H23N3O4. The first-order valence-electron chi connectivity index (χ1n) is 8.90. The molecule has 0 radical (unpaired) electrons. The molecule has 2 atom stereocenters. The van der Waals surface area contributed by atoms with Crippen molar-refractivity contribution in [1.82, 2.24) is 14.7 Å². The summed E-state index contributed by atoms with van der Waals surface area (Å²) in [6.45, 7) is 5.51. The second kappa shape index (κ2) is 7.34. The molecule has 27 heavy (non-hydrogen) atoms. The van der Waals surface area contributed by atoms with E-state index in [0.717, 1.165) is 5.56 Å². The molecular weight excluding hydrogens is 346 g/mol. The highest BCUT2D eigenvalue weighted by Crippen LogP contribution is 2.33. The number of carbonyl (C=O) groups is 3. The lowest BCUT2D eigenvalue weighted by molar-refractivity contribution is -0.141. The quantitative estimate of drug-likeness (QED) is 0.814. The van der Waals surface area contributed by atoms with Crippen molar-refractivity contribution in [2.45, 2.75) is 33.2 Å². The zero-order valence-corrected chi connectivity index (χ0v) is 15.7. The third-order valence-corrected chi connectivity index (χ3v) is 5.24. The van der Waals surface area contributed by atoms with Gasteiger partial charge in [-0.1, -0.05) is 30.3 Å². The van der Waals surface area contributed by atoms with Gasteiger partial charge in [-0.3, -0.25) is 19.1 Å². The van der Waals surface area contributed by atoms with Crippen LogP contribution in [0, 0.1) is 19.8 Å². The first-order chi connectivity index (χ1) is 12.8. The first kappa shape index (κ1) is 18.8. The van der Waals surface area contributed by atoms with Crippen molar-refractivity contribution in [3.05, 3.63) is 52.8 Å². The van der Waals surface area contributed by atoms with Crippen LogP contribution in [0.4, 0.5) is 0 Å². The van der Waals surface area contributed by atoms with Gasteiger partial charge in [0.2, 0.25) is 5.91 Å². The average Bonchev–Trinajstić information content (AvgIpc) is 3.18. The van der Waals surface area contributed by atoms with Crippen LogP contribution < -0.4 is 0 Å². The topological polar surface area (TPSA) is 92.5 Å². The summed E-state index contributed by atoms with van der Waals surface area (Å²) in [7, 11) is 0. The highest BCUT2D eigenvalue weighted by atomic mass is 16.4. The highest BCUT2D eigenvalue weighted by molar-refractivity contribution is 5.96. The molecule has 7 heteroatoms. The van der Waals surface area contributed by atoms with E-state index in [4.69, 9.17) is 0 Å². The van der Waals surface area contributed by atoms with Crippen molar-refractivity contribution in [2.24, 2.45) is 5.92 Å². The summed E-state index contributed by atoms with van der Waals surface area (Å²) in [4.78, 5) is 37.8. The number of ketones is 1. The van der Waals surface area contributed by atoms with Gasteiger partial charge in [-0.15, -0.1) is 0 Å². The zero-order valence-electron chi connectivity index (χ0n) is 15.7. The van der Waals surface area contributed by atoms with Crippen molar-refractivity contribution in [3.8, 4) is 0 Å². The van der Waals surface area contributed by atoms with Gasteiger partial charge in [0.05, 0.1) is 17.2 Å². The van der Waals surface area contributed by atoms with Gasteiger partial charge >= 0.3 is 5.97 Å². The van der Waals surface area contributed by atoms with Gasteiger partial charge in [0.25, 0.3) is 0 Å². The van der Waals surface area contributed by atoms with Gasteiger partial charge in [0, 0.05) is 24.7 Å². The van der Waals surface area contributed by atoms with Crippen LogP contribution >= 0.6 is 0 Å². The number of nitrogens with zero attached hydrogens (tertiary/aromatic N) is 3. The van der Waals surface area contributed by atoms with E-state index in [9.17, 15) is 19.5 Å². The molecule has 1 amide bonds. The highest BCUT2D eigenvalue weighted by Gasteiger charge is 2.40. The summed E-state index contributed by atoms with van der Waals surface area (Å²) in [5.74, 6) is -2.05. The summed E-state index contributed by atoms with van der Waals surface area (Å²) >= 11 is 0. The number of carbonyl (C=O) groups excluding carboxylic acids is 2. The Morgan fingerprint density at radius 2 is 1.81 bits per heavy atom. The Hall–Kier alpha value is -2.96. The molecule has 0 unspecified atom stereocenters. The van der Waals surface area contributed by atoms with E-state index >= 15 is 0 Å². The summed E-state index contributed by atoms with van der Waals surface area (Å²) in [6.07, 6.45) is 0. The smallest absolute Gasteiger partial charge is 0.308 e. The number of hydrogen-bond donors (Lipinski definition) is 1. The lowest BCUT2D eigenvalue weighted by Crippen LogP contribution is -2.33. The fourth-order valence-corrected chi connectivity index (χ4v) is 3.88. The Bertz CT molecular complexity index is 888. The molecule has 0 saturated carbocycles. The van der Waals surface area contributed by atoms with Crippen LogP contribution in [0.1, 0.15) is 40.2 Å². The number of carboxylic acids is 1. The Morgan fingerprint density at radius 1 is 1.15 bits per heavy atom. The molecule has 7 nitrogen and oxygen atoms in total. The minimum atomic E-state index is -0.899. The van der Waals surface area contributed by atoms with Crippen LogP contribution in [0.15, 0.2) is 30.3 Å². The van der Waals surface area contributed by atoms with E-state index in [-0.39, 0.29) is 30.7 Å². The summed E-state index contributed by atoms with van der Waals surface area (Å²) < 4.78 is 1.53. The lowest BCUT2D eigenvalue weighted by Gasteiger charge is -2.17. The number of amides is 1. The van der Waals surface area contributed by atoms with Gasteiger partial charge in [0.1, 0.15) is 6.54 Å². The van der Waals surface area contributed by atoms with Crippen molar-refractivity contribution in [3.63, 3.8) is 0 Å². The molecule has 2 heterocycles. The van der Waals surface area contributed by atoms with Crippen molar-refractivity contribution in [2.75, 3.05) is 13.1 Å². The van der Waals surface area contributed by atoms with Crippen LogP contribution in [0.5, 0.6) is 0 Å². The number of hydrogen-bond acceptors (Lipinski definition) is 4. The lowest BCUT2D eigenvalue weighted by atomic mass is 9.89. The summed E-state index contributed by atoms with van der Waals surface area (Å²) in [6, 6.07) is 9.42. The number of Topliss-reactive ketones (excluding diaryl/α,β-unsaturated/α-hetero) is 1. The predicted molar refractivity (Wildman–Crippen MR) is 98.6 cm³/mol. The van der Waals surface area contributed by atoms with Crippen molar-refractivity contribution < 1.29 is 19.5 Å². The first-order valence-corrected chi connectivity index (χ1v) is 8.90. The van der Waals surface area contributed by atoms with Crippen LogP contribution in [0.25, 0.3) is 0 Å². The molecule has 1 N–H and O–H groups in total. The Balaban J connectivity index is 1.79. The third kappa shape index (κ3) is 3.63. The minimum absolute atomic E-state index is 0.00615. The Morgan fingerprint density at radius 3 is 2.37 bits per heavy atom. The molecule has 2 aromatic rings. The van der Waals surface area contributed by atoms with Gasteiger partial charge in [0.15, 0.2) is 5.78 Å². The molecule has 1 saturated heterocycles. The molecule has 1 fully saturated rings. The molecule has 0 aliphatic carbocycles.